The summed E-state index contributed by atoms with van der Waals surface area (Å²) in [5.41, 5.74) is 2.16. The van der Waals surface area contributed by atoms with Crippen LogP contribution in [0.1, 0.15) is 11.1 Å². The normalized spacial score (nSPS) is 11.7. The fourth-order valence-electron chi connectivity index (χ4n) is 2.94. The van der Waals surface area contributed by atoms with Gasteiger partial charge in [-0.2, -0.15) is 0 Å². The van der Waals surface area contributed by atoms with Crippen molar-refractivity contribution in [2.75, 3.05) is 23.7 Å². The summed E-state index contributed by atoms with van der Waals surface area (Å²) in [6, 6.07) is 14.8. The van der Waals surface area contributed by atoms with Crippen LogP contribution < -0.4 is 19.5 Å². The highest BCUT2D eigenvalue weighted by molar-refractivity contribution is 7.92. The fourth-order valence-corrected chi connectivity index (χ4v) is 4.93. The maximum Gasteiger partial charge on any atom is 0.262 e. The molecule has 0 fully saturated rings. The first-order chi connectivity index (χ1) is 16.4. The van der Waals surface area contributed by atoms with Crippen molar-refractivity contribution in [1.29, 1.82) is 0 Å². The number of anilines is 2. The van der Waals surface area contributed by atoms with Crippen molar-refractivity contribution >= 4 is 48.9 Å². The predicted octanol–water partition coefficient (Wildman–Crippen LogP) is 3.68. The van der Waals surface area contributed by atoms with E-state index in [-0.39, 0.29) is 22.1 Å². The summed E-state index contributed by atoms with van der Waals surface area (Å²) < 4.78 is 59.3. The summed E-state index contributed by atoms with van der Waals surface area (Å²) in [6.07, 6.45) is 0. The molecule has 0 saturated carbocycles. The molecule has 0 spiro atoms. The number of carbonyl (C=O) groups is 1. The predicted molar refractivity (Wildman–Crippen MR) is 135 cm³/mol. The van der Waals surface area contributed by atoms with Gasteiger partial charge in [0.15, 0.2) is 6.61 Å². The van der Waals surface area contributed by atoms with Gasteiger partial charge in [-0.3, -0.25) is 9.52 Å². The molecule has 9 nitrogen and oxygen atoms in total. The Kier molecular flexibility index (Phi) is 8.06. The van der Waals surface area contributed by atoms with Crippen LogP contribution in [-0.2, 0) is 24.8 Å². The first-order valence-corrected chi connectivity index (χ1v) is 13.6. The van der Waals surface area contributed by atoms with Gasteiger partial charge in [0.25, 0.3) is 15.9 Å². The van der Waals surface area contributed by atoms with Crippen LogP contribution in [0.5, 0.6) is 5.75 Å². The highest BCUT2D eigenvalue weighted by Crippen LogP contribution is 2.24. The van der Waals surface area contributed by atoms with Crippen molar-refractivity contribution < 1.29 is 26.4 Å². The number of amides is 1. The summed E-state index contributed by atoms with van der Waals surface area (Å²) in [5.74, 6) is -0.234. The minimum Gasteiger partial charge on any atom is -0.484 e. The average molecular weight is 538 g/mol. The maximum atomic E-state index is 12.6. The van der Waals surface area contributed by atoms with Gasteiger partial charge in [-0.05, 0) is 80.6 Å². The molecule has 0 heterocycles. The van der Waals surface area contributed by atoms with E-state index in [2.05, 4.69) is 14.8 Å². The Labute approximate surface area is 209 Å². The number of benzene rings is 3. The molecule has 0 aliphatic heterocycles. The zero-order chi connectivity index (χ0) is 25.8. The second-order valence-corrected chi connectivity index (χ2v) is 11.5. The van der Waals surface area contributed by atoms with Crippen LogP contribution in [0.3, 0.4) is 0 Å². The Morgan fingerprint density at radius 3 is 2.11 bits per heavy atom. The van der Waals surface area contributed by atoms with Gasteiger partial charge >= 0.3 is 0 Å². The lowest BCUT2D eigenvalue weighted by atomic mass is 10.2. The van der Waals surface area contributed by atoms with E-state index in [4.69, 9.17) is 16.3 Å². The van der Waals surface area contributed by atoms with E-state index in [9.17, 15) is 21.6 Å². The van der Waals surface area contributed by atoms with E-state index in [0.717, 1.165) is 5.56 Å². The number of aryl methyl sites for hydroxylation is 2. The lowest BCUT2D eigenvalue weighted by molar-refractivity contribution is -0.118. The van der Waals surface area contributed by atoms with Gasteiger partial charge in [-0.1, -0.05) is 23.7 Å². The molecule has 3 rings (SSSR count). The highest BCUT2D eigenvalue weighted by Gasteiger charge is 2.16. The monoisotopic (exact) mass is 537 g/mol. The van der Waals surface area contributed by atoms with Gasteiger partial charge in [-0.25, -0.2) is 21.6 Å². The fraction of sp³-hybridized carbons (Fsp3) is 0.174. The van der Waals surface area contributed by atoms with Gasteiger partial charge in [0.05, 0.1) is 15.5 Å². The second kappa shape index (κ2) is 10.6. The summed E-state index contributed by atoms with van der Waals surface area (Å²) in [6.45, 7) is 3.17. The lowest BCUT2D eigenvalue weighted by Gasteiger charge is -2.12. The average Bonchev–Trinajstić information content (AvgIpc) is 2.81. The molecule has 0 aromatic heterocycles. The number of rotatable bonds is 9. The molecule has 3 aromatic rings. The smallest absolute Gasteiger partial charge is 0.262 e. The number of sulfonamides is 2. The number of ether oxygens (including phenoxy) is 1. The standard InChI is InChI=1S/C23H24ClN3O6S2/c1-15-4-6-17(12-21(15)24)27-35(31,32)19-10-7-18(8-11-19)33-14-23(28)26-22-13-20(9-5-16(22)2)34(29,30)25-3/h4-13,25,27H,14H2,1-3H3,(H,26,28). The Balaban J connectivity index is 1.63. The van der Waals surface area contributed by atoms with Crippen LogP contribution in [-0.4, -0.2) is 36.4 Å². The van der Waals surface area contributed by atoms with Gasteiger partial charge in [0.2, 0.25) is 10.0 Å². The summed E-state index contributed by atoms with van der Waals surface area (Å²) in [5, 5.41) is 3.06. The van der Waals surface area contributed by atoms with Crippen molar-refractivity contribution in [2.24, 2.45) is 0 Å². The van der Waals surface area contributed by atoms with Crippen molar-refractivity contribution in [1.82, 2.24) is 4.72 Å². The van der Waals surface area contributed by atoms with Gasteiger partial charge in [0.1, 0.15) is 5.75 Å². The van der Waals surface area contributed by atoms with E-state index in [1.165, 1.54) is 49.5 Å². The van der Waals surface area contributed by atoms with Gasteiger partial charge in [-0.15, -0.1) is 0 Å². The quantitative estimate of drug-likeness (QED) is 0.381. The minimum atomic E-state index is -3.85. The molecule has 3 aromatic carbocycles. The molecule has 0 aliphatic rings. The van der Waals surface area contributed by atoms with E-state index >= 15 is 0 Å². The van der Waals surface area contributed by atoms with Crippen LogP contribution in [0.4, 0.5) is 11.4 Å². The molecule has 186 valence electrons. The lowest BCUT2D eigenvalue weighted by Crippen LogP contribution is -2.22. The molecule has 1 amide bonds. The molecule has 0 aliphatic carbocycles. The second-order valence-electron chi connectivity index (χ2n) is 7.56. The SMILES string of the molecule is CNS(=O)(=O)c1ccc(C)c(NC(=O)COc2ccc(S(=O)(=O)Nc3ccc(C)c(Cl)c3)cc2)c1. The third kappa shape index (κ3) is 6.73. The highest BCUT2D eigenvalue weighted by atomic mass is 35.5. The van der Waals surface area contributed by atoms with E-state index in [0.29, 0.717) is 22.0 Å². The molecular weight excluding hydrogens is 514 g/mol. The molecule has 12 heteroatoms. The van der Waals surface area contributed by atoms with Crippen molar-refractivity contribution in [3.63, 3.8) is 0 Å². The molecule has 0 bridgehead atoms. The Morgan fingerprint density at radius 1 is 0.857 bits per heavy atom. The molecular formula is C23H24ClN3O6S2. The third-order valence-corrected chi connectivity index (χ3v) is 8.21. The molecule has 0 unspecified atom stereocenters. The van der Waals surface area contributed by atoms with E-state index in [1.807, 2.05) is 6.92 Å². The number of halogens is 1. The number of hydrogen-bond acceptors (Lipinski definition) is 6. The van der Waals surface area contributed by atoms with Crippen molar-refractivity contribution in [2.45, 2.75) is 23.6 Å². The van der Waals surface area contributed by atoms with Crippen LogP contribution in [0, 0.1) is 13.8 Å². The summed E-state index contributed by atoms with van der Waals surface area (Å²) in [4.78, 5) is 12.3. The first kappa shape index (κ1) is 26.5. The first-order valence-electron chi connectivity index (χ1n) is 10.3. The van der Waals surface area contributed by atoms with Crippen LogP contribution in [0.15, 0.2) is 70.5 Å². The molecule has 3 N–H and O–H groups in total. The molecule has 35 heavy (non-hydrogen) atoms. The minimum absolute atomic E-state index is 0.00387. The number of nitrogens with one attached hydrogen (secondary N) is 3. The topological polar surface area (TPSA) is 131 Å². The van der Waals surface area contributed by atoms with E-state index in [1.54, 1.807) is 25.1 Å². The van der Waals surface area contributed by atoms with Crippen LogP contribution >= 0.6 is 11.6 Å². The Hall–Kier alpha value is -3.12. The zero-order valence-corrected chi connectivity index (χ0v) is 21.5. The molecule has 0 radical (unpaired) electrons. The molecule has 0 atom stereocenters. The number of hydrogen-bond donors (Lipinski definition) is 3. The molecule has 0 saturated heterocycles. The largest absolute Gasteiger partial charge is 0.484 e. The zero-order valence-electron chi connectivity index (χ0n) is 19.1. The van der Waals surface area contributed by atoms with Crippen LogP contribution in [0.2, 0.25) is 5.02 Å². The van der Waals surface area contributed by atoms with Gasteiger partial charge in [0, 0.05) is 10.7 Å². The maximum absolute atomic E-state index is 12.6. The van der Waals surface area contributed by atoms with Crippen molar-refractivity contribution in [3.8, 4) is 5.75 Å². The van der Waals surface area contributed by atoms with Crippen LogP contribution in [0.25, 0.3) is 0 Å². The van der Waals surface area contributed by atoms with E-state index < -0.39 is 26.0 Å². The Bertz CT molecular complexity index is 1460. The summed E-state index contributed by atoms with van der Waals surface area (Å²) in [7, 11) is -6.22. The third-order valence-electron chi connectivity index (χ3n) is 4.99. The summed E-state index contributed by atoms with van der Waals surface area (Å²) >= 11 is 6.05. The van der Waals surface area contributed by atoms with Crippen molar-refractivity contribution in [3.05, 3.63) is 76.8 Å². The Morgan fingerprint density at radius 2 is 1.49 bits per heavy atom. The van der Waals surface area contributed by atoms with Gasteiger partial charge < -0.3 is 10.1 Å². The number of carbonyl (C=O) groups excluding carboxylic acids is 1.